The normalized spacial score (nSPS) is 17.7. The second-order valence-electron chi connectivity index (χ2n) is 8.80. The highest BCUT2D eigenvalue weighted by atomic mass is 19.1. The SMILES string of the molecule is COCCOc1ccc(Oc2ccc(F)c3c2CC[C@H]3Oc2ccc3c(c2)OCC3CC(=O)O)cc1. The fourth-order valence-corrected chi connectivity index (χ4v) is 4.70. The van der Waals surface area contributed by atoms with Crippen LogP contribution in [0.25, 0.3) is 0 Å². The van der Waals surface area contributed by atoms with E-state index in [4.69, 9.17) is 28.8 Å². The van der Waals surface area contributed by atoms with Crippen LogP contribution < -0.4 is 18.9 Å². The zero-order chi connectivity index (χ0) is 25.1. The molecule has 1 unspecified atom stereocenters. The van der Waals surface area contributed by atoms with Crippen LogP contribution in [0.15, 0.2) is 54.6 Å². The van der Waals surface area contributed by atoms with Gasteiger partial charge in [-0.05, 0) is 55.3 Å². The van der Waals surface area contributed by atoms with Crippen LogP contribution in [0, 0.1) is 5.82 Å². The molecule has 0 bridgehead atoms. The lowest BCUT2D eigenvalue weighted by Crippen LogP contribution is -2.07. The molecule has 0 saturated carbocycles. The molecule has 3 aromatic carbocycles. The maximum absolute atomic E-state index is 14.9. The molecule has 2 atom stereocenters. The van der Waals surface area contributed by atoms with Gasteiger partial charge in [0, 0.05) is 35.8 Å². The molecule has 0 fully saturated rings. The lowest BCUT2D eigenvalue weighted by Gasteiger charge is -2.17. The molecule has 5 rings (SSSR count). The third-order valence-electron chi connectivity index (χ3n) is 6.41. The number of rotatable bonds is 10. The lowest BCUT2D eigenvalue weighted by molar-refractivity contribution is -0.137. The molecule has 2 aliphatic rings. The van der Waals surface area contributed by atoms with Gasteiger partial charge in [0.25, 0.3) is 0 Å². The van der Waals surface area contributed by atoms with Crippen molar-refractivity contribution in [3.8, 4) is 28.7 Å². The predicted molar refractivity (Wildman–Crippen MR) is 129 cm³/mol. The van der Waals surface area contributed by atoms with E-state index in [0.717, 1.165) is 11.1 Å². The summed E-state index contributed by atoms with van der Waals surface area (Å²) < 4.78 is 43.4. The summed E-state index contributed by atoms with van der Waals surface area (Å²) in [6, 6.07) is 15.7. The number of hydrogen-bond acceptors (Lipinski definition) is 6. The van der Waals surface area contributed by atoms with Crippen molar-refractivity contribution in [3.05, 3.63) is 77.1 Å². The molecule has 1 heterocycles. The minimum Gasteiger partial charge on any atom is -0.492 e. The van der Waals surface area contributed by atoms with Crippen LogP contribution in [0.4, 0.5) is 4.39 Å². The smallest absolute Gasteiger partial charge is 0.304 e. The van der Waals surface area contributed by atoms with Crippen LogP contribution in [0.5, 0.6) is 28.7 Å². The molecule has 188 valence electrons. The minimum absolute atomic E-state index is 0.0146. The van der Waals surface area contributed by atoms with E-state index in [9.17, 15) is 9.18 Å². The first-order valence-electron chi connectivity index (χ1n) is 11.9. The summed E-state index contributed by atoms with van der Waals surface area (Å²) in [6.45, 7) is 1.29. The fraction of sp³-hybridized carbons (Fsp3) is 0.321. The zero-order valence-electron chi connectivity index (χ0n) is 19.9. The van der Waals surface area contributed by atoms with E-state index < -0.39 is 12.1 Å². The number of methoxy groups -OCH3 is 1. The molecule has 36 heavy (non-hydrogen) atoms. The van der Waals surface area contributed by atoms with Crippen LogP contribution in [0.2, 0.25) is 0 Å². The summed E-state index contributed by atoms with van der Waals surface area (Å²) in [6.07, 6.45) is 0.779. The molecule has 1 aliphatic carbocycles. The largest absolute Gasteiger partial charge is 0.492 e. The highest BCUT2D eigenvalue weighted by molar-refractivity contribution is 5.68. The predicted octanol–water partition coefficient (Wildman–Crippen LogP) is 5.66. The number of carbonyl (C=O) groups is 1. The van der Waals surface area contributed by atoms with E-state index in [-0.39, 0.29) is 18.2 Å². The second kappa shape index (κ2) is 10.5. The summed E-state index contributed by atoms with van der Waals surface area (Å²) in [5, 5.41) is 9.09. The number of halogens is 1. The number of hydrogen-bond donors (Lipinski definition) is 1. The molecular weight excluding hydrogens is 467 g/mol. The Kier molecular flexibility index (Phi) is 6.95. The van der Waals surface area contributed by atoms with Gasteiger partial charge < -0.3 is 28.8 Å². The minimum atomic E-state index is -0.862. The van der Waals surface area contributed by atoms with E-state index in [1.54, 1.807) is 25.3 Å². The van der Waals surface area contributed by atoms with Gasteiger partial charge >= 0.3 is 5.97 Å². The topological polar surface area (TPSA) is 83.5 Å². The van der Waals surface area contributed by atoms with Crippen molar-refractivity contribution in [1.29, 1.82) is 0 Å². The van der Waals surface area contributed by atoms with Gasteiger partial charge in [-0.25, -0.2) is 4.39 Å². The van der Waals surface area contributed by atoms with Gasteiger partial charge in [0.05, 0.1) is 19.6 Å². The summed E-state index contributed by atoms with van der Waals surface area (Å²) in [4.78, 5) is 11.1. The Morgan fingerprint density at radius 3 is 2.61 bits per heavy atom. The summed E-state index contributed by atoms with van der Waals surface area (Å²) in [7, 11) is 1.62. The monoisotopic (exact) mass is 494 g/mol. The average molecular weight is 495 g/mol. The molecule has 0 aromatic heterocycles. The highest BCUT2D eigenvalue weighted by Gasteiger charge is 2.32. The maximum atomic E-state index is 14.9. The van der Waals surface area contributed by atoms with Gasteiger partial charge in [-0.2, -0.15) is 0 Å². The van der Waals surface area contributed by atoms with Crippen LogP contribution in [0.1, 0.15) is 41.6 Å². The number of fused-ring (bicyclic) bond motifs is 2. The summed E-state index contributed by atoms with van der Waals surface area (Å²) in [5.41, 5.74) is 2.14. The maximum Gasteiger partial charge on any atom is 0.304 e. The lowest BCUT2D eigenvalue weighted by atomic mass is 9.98. The fourth-order valence-electron chi connectivity index (χ4n) is 4.70. The van der Waals surface area contributed by atoms with Gasteiger partial charge in [-0.1, -0.05) is 6.07 Å². The van der Waals surface area contributed by atoms with E-state index in [2.05, 4.69) is 0 Å². The molecule has 7 nitrogen and oxygen atoms in total. The third kappa shape index (κ3) is 5.09. The molecule has 8 heteroatoms. The average Bonchev–Trinajstić information content (AvgIpc) is 3.47. The molecule has 0 amide bonds. The first-order chi connectivity index (χ1) is 17.5. The number of carboxylic acid groups (broad SMARTS) is 1. The summed E-state index contributed by atoms with van der Waals surface area (Å²) in [5.74, 6) is 1.73. The van der Waals surface area contributed by atoms with Crippen molar-refractivity contribution in [1.82, 2.24) is 0 Å². The van der Waals surface area contributed by atoms with Crippen molar-refractivity contribution in [2.24, 2.45) is 0 Å². The van der Waals surface area contributed by atoms with Crippen LogP contribution in [0.3, 0.4) is 0 Å². The molecule has 1 N–H and O–H groups in total. The molecule has 0 radical (unpaired) electrons. The highest BCUT2D eigenvalue weighted by Crippen LogP contribution is 2.44. The van der Waals surface area contributed by atoms with Gasteiger partial charge in [0.1, 0.15) is 47.3 Å². The second-order valence-corrected chi connectivity index (χ2v) is 8.80. The standard InChI is InChI=1S/C28H27FO7/c1-32-12-13-33-18-2-4-19(5-3-18)35-24-11-9-23(29)28-22(24)8-10-25(28)36-20-6-7-21-17(14-27(30)31)16-34-26(21)15-20/h2-7,9,11,15,17,25H,8,10,12-14,16H2,1H3,(H,30,31)/t17?,25-/m1/s1. The molecular formula is C28H27FO7. The van der Waals surface area contributed by atoms with Crippen LogP contribution in [-0.2, 0) is 16.0 Å². The summed E-state index contributed by atoms with van der Waals surface area (Å²) >= 11 is 0. The molecule has 3 aromatic rings. The molecule has 1 aliphatic heterocycles. The number of benzene rings is 3. The van der Waals surface area contributed by atoms with Gasteiger partial charge in [0.2, 0.25) is 0 Å². The Morgan fingerprint density at radius 1 is 1.06 bits per heavy atom. The Labute approximate surface area is 208 Å². The Morgan fingerprint density at radius 2 is 1.83 bits per heavy atom. The Hall–Kier alpha value is -3.78. The number of ether oxygens (including phenoxy) is 5. The van der Waals surface area contributed by atoms with E-state index >= 15 is 0 Å². The first kappa shape index (κ1) is 23.9. The zero-order valence-corrected chi connectivity index (χ0v) is 19.9. The van der Waals surface area contributed by atoms with Crippen molar-refractivity contribution in [2.75, 3.05) is 26.9 Å². The van der Waals surface area contributed by atoms with Crippen LogP contribution in [-0.4, -0.2) is 38.0 Å². The van der Waals surface area contributed by atoms with Crippen molar-refractivity contribution < 1.29 is 38.0 Å². The Balaban J connectivity index is 1.30. The van der Waals surface area contributed by atoms with Gasteiger partial charge in [-0.15, -0.1) is 0 Å². The molecule has 0 saturated heterocycles. The van der Waals surface area contributed by atoms with Crippen molar-refractivity contribution in [3.63, 3.8) is 0 Å². The first-order valence-corrected chi connectivity index (χ1v) is 11.9. The van der Waals surface area contributed by atoms with E-state index in [1.165, 1.54) is 6.07 Å². The van der Waals surface area contributed by atoms with Crippen LogP contribution >= 0.6 is 0 Å². The van der Waals surface area contributed by atoms with Gasteiger partial charge in [0.15, 0.2) is 0 Å². The molecule has 0 spiro atoms. The Bertz CT molecular complexity index is 1240. The van der Waals surface area contributed by atoms with E-state index in [1.807, 2.05) is 30.3 Å². The van der Waals surface area contributed by atoms with Crippen molar-refractivity contribution >= 4 is 5.97 Å². The van der Waals surface area contributed by atoms with Gasteiger partial charge in [-0.3, -0.25) is 4.79 Å². The quantitative estimate of drug-likeness (QED) is 0.364. The van der Waals surface area contributed by atoms with E-state index in [0.29, 0.717) is 67.0 Å². The number of aliphatic carboxylic acids is 1. The van der Waals surface area contributed by atoms with Crippen molar-refractivity contribution in [2.45, 2.75) is 31.3 Å². The third-order valence-corrected chi connectivity index (χ3v) is 6.41. The number of carboxylic acids is 1.